The third-order valence-electron chi connectivity index (χ3n) is 5.04. The molecule has 2 unspecified atom stereocenters. The zero-order chi connectivity index (χ0) is 13.0. The quantitative estimate of drug-likeness (QED) is 0.807. The summed E-state index contributed by atoms with van der Waals surface area (Å²) in [6, 6.07) is 0. The van der Waals surface area contributed by atoms with Crippen LogP contribution in [0.1, 0.15) is 58.3 Å². The van der Waals surface area contributed by atoms with Crippen LogP contribution in [0.15, 0.2) is 0 Å². The summed E-state index contributed by atoms with van der Waals surface area (Å²) in [6.45, 7) is 3.69. The van der Waals surface area contributed by atoms with Gasteiger partial charge in [0.2, 0.25) is 5.91 Å². The Morgan fingerprint density at radius 2 is 2.00 bits per heavy atom. The highest BCUT2D eigenvalue weighted by molar-refractivity contribution is 5.83. The van der Waals surface area contributed by atoms with Gasteiger partial charge in [-0.1, -0.05) is 32.6 Å². The van der Waals surface area contributed by atoms with Gasteiger partial charge in [0.05, 0.1) is 5.41 Å². The second-order valence-corrected chi connectivity index (χ2v) is 6.54. The number of nitrogens with two attached hydrogens (primary N) is 1. The van der Waals surface area contributed by atoms with Gasteiger partial charge < -0.3 is 11.1 Å². The van der Waals surface area contributed by atoms with E-state index in [1.54, 1.807) is 0 Å². The lowest BCUT2D eigenvalue weighted by molar-refractivity contribution is -0.132. The fourth-order valence-electron chi connectivity index (χ4n) is 3.69. The summed E-state index contributed by atoms with van der Waals surface area (Å²) in [5.41, 5.74) is 5.64. The van der Waals surface area contributed by atoms with Gasteiger partial charge in [0, 0.05) is 13.1 Å². The smallest absolute Gasteiger partial charge is 0.227 e. The summed E-state index contributed by atoms with van der Waals surface area (Å²) in [4.78, 5) is 12.4. The molecular weight excluding hydrogens is 224 g/mol. The maximum absolute atomic E-state index is 12.4. The number of carbonyl (C=O) groups excluding carboxylic acids is 1. The SMILES string of the molecule is CC1CCC(CNC(=O)C2(CN)CCCCC2)C1. The molecule has 3 nitrogen and oxygen atoms in total. The average Bonchev–Trinajstić information content (AvgIpc) is 2.82. The highest BCUT2D eigenvalue weighted by Gasteiger charge is 2.38. The molecule has 0 aromatic rings. The number of hydrogen-bond donors (Lipinski definition) is 2. The highest BCUT2D eigenvalue weighted by Crippen LogP contribution is 2.36. The molecule has 0 radical (unpaired) electrons. The van der Waals surface area contributed by atoms with Crippen LogP contribution in [0, 0.1) is 17.3 Å². The molecule has 2 rings (SSSR count). The number of rotatable bonds is 4. The van der Waals surface area contributed by atoms with Crippen LogP contribution >= 0.6 is 0 Å². The number of hydrogen-bond acceptors (Lipinski definition) is 2. The molecule has 0 heterocycles. The number of carbonyl (C=O) groups is 1. The molecule has 2 atom stereocenters. The molecule has 2 saturated carbocycles. The van der Waals surface area contributed by atoms with Crippen molar-refractivity contribution in [2.24, 2.45) is 23.0 Å². The summed E-state index contributed by atoms with van der Waals surface area (Å²) in [6.07, 6.45) is 9.41. The van der Waals surface area contributed by atoms with E-state index in [1.807, 2.05) is 0 Å². The Balaban J connectivity index is 1.82. The molecule has 0 bridgehead atoms. The van der Waals surface area contributed by atoms with E-state index in [0.29, 0.717) is 12.5 Å². The second-order valence-electron chi connectivity index (χ2n) is 6.54. The second kappa shape index (κ2) is 6.05. The van der Waals surface area contributed by atoms with Crippen molar-refractivity contribution in [1.82, 2.24) is 5.32 Å². The molecule has 2 fully saturated rings. The van der Waals surface area contributed by atoms with Crippen LogP contribution in [0.5, 0.6) is 0 Å². The van der Waals surface area contributed by atoms with E-state index < -0.39 is 0 Å². The molecule has 0 spiro atoms. The molecule has 0 aromatic heterocycles. The lowest BCUT2D eigenvalue weighted by Gasteiger charge is -2.35. The van der Waals surface area contributed by atoms with E-state index in [2.05, 4.69) is 12.2 Å². The van der Waals surface area contributed by atoms with Crippen LogP contribution in [0.2, 0.25) is 0 Å². The Morgan fingerprint density at radius 3 is 2.56 bits per heavy atom. The van der Waals surface area contributed by atoms with E-state index in [0.717, 1.165) is 38.1 Å². The number of amides is 1. The van der Waals surface area contributed by atoms with Crippen molar-refractivity contribution in [1.29, 1.82) is 0 Å². The van der Waals surface area contributed by atoms with Gasteiger partial charge in [-0.2, -0.15) is 0 Å². The van der Waals surface area contributed by atoms with Crippen molar-refractivity contribution in [3.63, 3.8) is 0 Å². The van der Waals surface area contributed by atoms with Gasteiger partial charge in [0.1, 0.15) is 0 Å². The first kappa shape index (κ1) is 13.9. The van der Waals surface area contributed by atoms with Crippen molar-refractivity contribution >= 4 is 5.91 Å². The Bertz CT molecular complexity index is 284. The van der Waals surface area contributed by atoms with E-state index in [-0.39, 0.29) is 11.3 Å². The normalized spacial score (nSPS) is 31.2. The lowest BCUT2D eigenvalue weighted by atomic mass is 9.73. The third kappa shape index (κ3) is 3.05. The first-order chi connectivity index (χ1) is 8.66. The molecule has 3 N–H and O–H groups in total. The van der Waals surface area contributed by atoms with Gasteiger partial charge in [0.25, 0.3) is 0 Å². The molecular formula is C15H28N2O. The van der Waals surface area contributed by atoms with Gasteiger partial charge in [-0.3, -0.25) is 4.79 Å². The maximum atomic E-state index is 12.4. The summed E-state index contributed by atoms with van der Waals surface area (Å²) in [7, 11) is 0. The highest BCUT2D eigenvalue weighted by atomic mass is 16.2. The Labute approximate surface area is 111 Å². The fraction of sp³-hybridized carbons (Fsp3) is 0.933. The summed E-state index contributed by atoms with van der Waals surface area (Å²) in [5.74, 6) is 1.76. The summed E-state index contributed by atoms with van der Waals surface area (Å²) < 4.78 is 0. The van der Waals surface area contributed by atoms with Gasteiger partial charge in [-0.05, 0) is 37.5 Å². The summed E-state index contributed by atoms with van der Waals surface area (Å²) >= 11 is 0. The van der Waals surface area contributed by atoms with E-state index in [4.69, 9.17) is 5.73 Å². The van der Waals surface area contributed by atoms with Crippen LogP contribution in [0.25, 0.3) is 0 Å². The van der Waals surface area contributed by atoms with Crippen molar-refractivity contribution in [2.45, 2.75) is 58.3 Å². The van der Waals surface area contributed by atoms with Gasteiger partial charge in [-0.15, -0.1) is 0 Å². The van der Waals surface area contributed by atoms with Crippen LogP contribution in [0.4, 0.5) is 0 Å². The molecule has 3 heteroatoms. The molecule has 0 aromatic carbocycles. The van der Waals surface area contributed by atoms with Crippen LogP contribution < -0.4 is 11.1 Å². The Hall–Kier alpha value is -0.570. The Morgan fingerprint density at radius 1 is 1.28 bits per heavy atom. The average molecular weight is 252 g/mol. The Kier molecular flexibility index (Phi) is 4.66. The number of nitrogens with one attached hydrogen (secondary N) is 1. The molecule has 0 saturated heterocycles. The van der Waals surface area contributed by atoms with Crippen molar-refractivity contribution < 1.29 is 4.79 Å². The lowest BCUT2D eigenvalue weighted by Crippen LogP contribution is -2.48. The molecule has 2 aliphatic carbocycles. The fourth-order valence-corrected chi connectivity index (χ4v) is 3.69. The molecule has 0 aliphatic heterocycles. The standard InChI is InChI=1S/C15H28N2O/c1-12-5-6-13(9-12)10-17-14(18)15(11-16)7-3-2-4-8-15/h12-13H,2-11,16H2,1H3,(H,17,18). The van der Waals surface area contributed by atoms with Gasteiger partial charge in [0.15, 0.2) is 0 Å². The minimum Gasteiger partial charge on any atom is -0.355 e. The van der Waals surface area contributed by atoms with Crippen molar-refractivity contribution in [2.75, 3.05) is 13.1 Å². The van der Waals surface area contributed by atoms with E-state index in [1.165, 1.54) is 25.7 Å². The van der Waals surface area contributed by atoms with Crippen molar-refractivity contribution in [3.8, 4) is 0 Å². The van der Waals surface area contributed by atoms with E-state index in [9.17, 15) is 4.79 Å². The summed E-state index contributed by atoms with van der Waals surface area (Å²) in [5, 5.41) is 3.19. The molecule has 104 valence electrons. The van der Waals surface area contributed by atoms with E-state index >= 15 is 0 Å². The van der Waals surface area contributed by atoms with Gasteiger partial charge >= 0.3 is 0 Å². The molecule has 1 amide bonds. The molecule has 2 aliphatic rings. The van der Waals surface area contributed by atoms with Crippen molar-refractivity contribution in [3.05, 3.63) is 0 Å². The monoisotopic (exact) mass is 252 g/mol. The zero-order valence-corrected chi connectivity index (χ0v) is 11.7. The zero-order valence-electron chi connectivity index (χ0n) is 11.7. The minimum atomic E-state index is -0.248. The van der Waals surface area contributed by atoms with Crippen LogP contribution in [-0.4, -0.2) is 19.0 Å². The topological polar surface area (TPSA) is 55.1 Å². The maximum Gasteiger partial charge on any atom is 0.227 e. The van der Waals surface area contributed by atoms with Gasteiger partial charge in [-0.25, -0.2) is 0 Å². The minimum absolute atomic E-state index is 0.226. The molecule has 18 heavy (non-hydrogen) atoms. The third-order valence-corrected chi connectivity index (χ3v) is 5.04. The first-order valence-corrected chi connectivity index (χ1v) is 7.65. The largest absolute Gasteiger partial charge is 0.355 e. The first-order valence-electron chi connectivity index (χ1n) is 7.65. The predicted molar refractivity (Wildman–Crippen MR) is 74.1 cm³/mol. The van der Waals surface area contributed by atoms with Crippen LogP contribution in [-0.2, 0) is 4.79 Å². The predicted octanol–water partition coefficient (Wildman–Crippen LogP) is 2.45. The van der Waals surface area contributed by atoms with Crippen LogP contribution in [0.3, 0.4) is 0 Å².